The average Bonchev–Trinajstić information content (AvgIpc) is 2.56. The Morgan fingerprint density at radius 1 is 1.27 bits per heavy atom. The van der Waals surface area contributed by atoms with E-state index in [0.717, 1.165) is 15.6 Å². The van der Waals surface area contributed by atoms with Crippen molar-refractivity contribution in [1.29, 1.82) is 0 Å². The molecule has 2 N–H and O–H groups in total. The Labute approximate surface area is 138 Å². The van der Waals surface area contributed by atoms with Gasteiger partial charge in [-0.25, -0.2) is 4.79 Å². The molecule has 0 amide bonds. The predicted octanol–water partition coefficient (Wildman–Crippen LogP) is 3.06. The van der Waals surface area contributed by atoms with Crippen molar-refractivity contribution >= 4 is 21.9 Å². The van der Waals surface area contributed by atoms with Crippen LogP contribution in [-0.2, 0) is 11.3 Å². The van der Waals surface area contributed by atoms with Crippen LogP contribution in [0.3, 0.4) is 0 Å². The molecule has 0 aliphatic carbocycles. The van der Waals surface area contributed by atoms with Crippen LogP contribution in [0.2, 0.25) is 0 Å². The van der Waals surface area contributed by atoms with Gasteiger partial charge in [-0.2, -0.15) is 0 Å². The Balaban J connectivity index is 1.91. The number of nitrogens with one attached hydrogen (secondary N) is 1. The van der Waals surface area contributed by atoms with E-state index >= 15 is 0 Å². The lowest BCUT2D eigenvalue weighted by atomic mass is 10.1. The molecule has 0 heterocycles. The quantitative estimate of drug-likeness (QED) is 0.774. The maximum absolute atomic E-state index is 11.4. The third-order valence-corrected chi connectivity index (χ3v) is 4.05. The molecule has 22 heavy (non-hydrogen) atoms. The van der Waals surface area contributed by atoms with E-state index in [0.29, 0.717) is 18.7 Å². The zero-order valence-corrected chi connectivity index (χ0v) is 13.8. The van der Waals surface area contributed by atoms with E-state index in [1.54, 1.807) is 12.1 Å². The summed E-state index contributed by atoms with van der Waals surface area (Å²) < 4.78 is 5.51. The van der Waals surface area contributed by atoms with Crippen LogP contribution in [0, 0.1) is 0 Å². The van der Waals surface area contributed by atoms with E-state index in [2.05, 4.69) is 26.0 Å². The van der Waals surface area contributed by atoms with Crippen LogP contribution in [0.15, 0.2) is 53.0 Å². The Bertz CT molecular complexity index is 631. The van der Waals surface area contributed by atoms with Crippen LogP contribution in [0.5, 0.6) is 0 Å². The van der Waals surface area contributed by atoms with Crippen LogP contribution in [0.4, 0.5) is 0 Å². The fraction of sp³-hybridized carbons (Fsp3) is 0.235. The van der Waals surface area contributed by atoms with Gasteiger partial charge in [0.15, 0.2) is 0 Å². The number of ether oxygens (including phenoxy) is 1. The Morgan fingerprint density at radius 2 is 2.00 bits per heavy atom. The van der Waals surface area contributed by atoms with Crippen LogP contribution >= 0.6 is 15.9 Å². The number of carbonyl (C=O) groups is 1. The summed E-state index contributed by atoms with van der Waals surface area (Å²) in [6.07, 6.45) is -0.547. The third-order valence-electron chi connectivity index (χ3n) is 3.31. The number of aliphatic hydroxyl groups excluding tert-OH is 1. The molecule has 4 nitrogen and oxygen atoms in total. The molecule has 0 bridgehead atoms. The lowest BCUT2D eigenvalue weighted by molar-refractivity contribution is 0.0600. The molecule has 2 rings (SSSR count). The lowest BCUT2D eigenvalue weighted by Crippen LogP contribution is -2.21. The SMILES string of the molecule is COC(=O)c1ccc(CNC[C@H](O)c2ccccc2)c(Br)c1. The number of aliphatic hydroxyl groups is 1. The van der Waals surface area contributed by atoms with Crippen molar-refractivity contribution in [2.75, 3.05) is 13.7 Å². The number of benzene rings is 2. The molecule has 2 aromatic carbocycles. The number of carbonyl (C=O) groups excluding carboxylic acids is 1. The third kappa shape index (κ3) is 4.40. The highest BCUT2D eigenvalue weighted by atomic mass is 79.9. The summed E-state index contributed by atoms with van der Waals surface area (Å²) >= 11 is 3.45. The molecule has 0 unspecified atom stereocenters. The first-order valence-electron chi connectivity index (χ1n) is 6.92. The van der Waals surface area contributed by atoms with Crippen LogP contribution < -0.4 is 5.32 Å². The molecule has 116 valence electrons. The van der Waals surface area contributed by atoms with Crippen molar-refractivity contribution in [3.8, 4) is 0 Å². The largest absolute Gasteiger partial charge is 0.465 e. The predicted molar refractivity (Wildman–Crippen MR) is 88.6 cm³/mol. The van der Waals surface area contributed by atoms with Crippen molar-refractivity contribution in [3.05, 3.63) is 69.7 Å². The number of hydrogen-bond acceptors (Lipinski definition) is 4. The van der Waals surface area contributed by atoms with Crippen LogP contribution in [-0.4, -0.2) is 24.7 Å². The minimum atomic E-state index is -0.547. The van der Waals surface area contributed by atoms with Gasteiger partial charge in [0.1, 0.15) is 0 Å². The molecule has 2 aromatic rings. The highest BCUT2D eigenvalue weighted by Crippen LogP contribution is 2.19. The highest BCUT2D eigenvalue weighted by Gasteiger charge is 2.10. The van der Waals surface area contributed by atoms with Crippen molar-refractivity contribution in [1.82, 2.24) is 5.32 Å². The van der Waals surface area contributed by atoms with Crippen LogP contribution in [0.25, 0.3) is 0 Å². The monoisotopic (exact) mass is 363 g/mol. The molecule has 0 saturated heterocycles. The molecule has 0 radical (unpaired) electrons. The molecule has 0 spiro atoms. The van der Waals surface area contributed by atoms with Gasteiger partial charge in [-0.1, -0.05) is 52.3 Å². The van der Waals surface area contributed by atoms with E-state index in [9.17, 15) is 9.90 Å². The second kappa shape index (κ2) is 8.08. The molecule has 0 aliphatic rings. The van der Waals surface area contributed by atoms with E-state index < -0.39 is 6.10 Å². The maximum Gasteiger partial charge on any atom is 0.337 e. The molecule has 0 aliphatic heterocycles. The van der Waals surface area contributed by atoms with Crippen molar-refractivity contribution < 1.29 is 14.6 Å². The summed E-state index contributed by atoms with van der Waals surface area (Å²) in [7, 11) is 1.36. The summed E-state index contributed by atoms with van der Waals surface area (Å²) in [4.78, 5) is 11.4. The molecule has 0 saturated carbocycles. The van der Waals surface area contributed by atoms with Gasteiger partial charge in [-0.15, -0.1) is 0 Å². The average molecular weight is 364 g/mol. The van der Waals surface area contributed by atoms with Gasteiger partial charge in [-0.05, 0) is 23.3 Å². The molecule has 1 atom stereocenters. The normalized spacial score (nSPS) is 12.0. The van der Waals surface area contributed by atoms with Crippen molar-refractivity contribution in [3.63, 3.8) is 0 Å². The minimum absolute atomic E-state index is 0.361. The number of rotatable bonds is 6. The Hall–Kier alpha value is -1.69. The van der Waals surface area contributed by atoms with Gasteiger partial charge >= 0.3 is 5.97 Å². The summed E-state index contributed by atoms with van der Waals surface area (Å²) in [6, 6.07) is 14.8. The number of hydrogen-bond donors (Lipinski definition) is 2. The zero-order valence-electron chi connectivity index (χ0n) is 12.3. The first kappa shape index (κ1) is 16.7. The highest BCUT2D eigenvalue weighted by molar-refractivity contribution is 9.10. The molecular formula is C17H18BrNO3. The first-order chi connectivity index (χ1) is 10.6. The van der Waals surface area contributed by atoms with E-state index in [4.69, 9.17) is 0 Å². The standard InChI is InChI=1S/C17H18BrNO3/c1-22-17(21)13-7-8-14(15(18)9-13)10-19-11-16(20)12-5-3-2-4-6-12/h2-9,16,19-20H,10-11H2,1H3/t16-/m0/s1. The molecule has 5 heteroatoms. The van der Waals surface area contributed by atoms with Gasteiger partial charge in [0, 0.05) is 17.6 Å². The van der Waals surface area contributed by atoms with Crippen molar-refractivity contribution in [2.45, 2.75) is 12.6 Å². The summed E-state index contributed by atoms with van der Waals surface area (Å²) in [6.45, 7) is 1.04. The van der Waals surface area contributed by atoms with Gasteiger partial charge in [0.25, 0.3) is 0 Å². The maximum atomic E-state index is 11.4. The Kier molecular flexibility index (Phi) is 6.12. The molecule has 0 aromatic heterocycles. The molecule has 0 fully saturated rings. The van der Waals surface area contributed by atoms with Gasteiger partial charge in [0.05, 0.1) is 18.8 Å². The minimum Gasteiger partial charge on any atom is -0.465 e. The summed E-state index contributed by atoms with van der Waals surface area (Å²) in [5.74, 6) is -0.361. The summed E-state index contributed by atoms with van der Waals surface area (Å²) in [5, 5.41) is 13.3. The number of esters is 1. The molecular weight excluding hydrogens is 346 g/mol. The second-order valence-corrected chi connectivity index (χ2v) is 5.71. The van der Waals surface area contributed by atoms with Gasteiger partial charge in [-0.3, -0.25) is 0 Å². The van der Waals surface area contributed by atoms with E-state index in [-0.39, 0.29) is 5.97 Å². The topological polar surface area (TPSA) is 58.6 Å². The zero-order chi connectivity index (χ0) is 15.9. The number of halogens is 1. The van der Waals surface area contributed by atoms with Gasteiger partial charge < -0.3 is 15.2 Å². The van der Waals surface area contributed by atoms with Gasteiger partial charge in [0.2, 0.25) is 0 Å². The second-order valence-electron chi connectivity index (χ2n) is 4.86. The van der Waals surface area contributed by atoms with Crippen molar-refractivity contribution in [2.24, 2.45) is 0 Å². The van der Waals surface area contributed by atoms with E-state index in [1.807, 2.05) is 36.4 Å². The Morgan fingerprint density at radius 3 is 2.64 bits per heavy atom. The van der Waals surface area contributed by atoms with E-state index in [1.165, 1.54) is 7.11 Å². The smallest absolute Gasteiger partial charge is 0.337 e. The fourth-order valence-corrected chi connectivity index (χ4v) is 2.59. The number of methoxy groups -OCH3 is 1. The summed E-state index contributed by atoms with van der Waals surface area (Å²) in [5.41, 5.74) is 2.39. The lowest BCUT2D eigenvalue weighted by Gasteiger charge is -2.13. The fourth-order valence-electron chi connectivity index (χ4n) is 2.07. The first-order valence-corrected chi connectivity index (χ1v) is 7.71. The van der Waals surface area contributed by atoms with Crippen LogP contribution in [0.1, 0.15) is 27.6 Å².